The lowest BCUT2D eigenvalue weighted by atomic mass is 10.0. The number of ether oxygens (including phenoxy) is 1. The molecule has 0 saturated carbocycles. The fraction of sp³-hybridized carbons (Fsp3) is 0.103. The van der Waals surface area contributed by atoms with Crippen molar-refractivity contribution in [1.82, 2.24) is 4.98 Å². The Morgan fingerprint density at radius 3 is 2.21 bits per heavy atom. The molecule has 0 aliphatic carbocycles. The second-order valence-corrected chi connectivity index (χ2v) is 9.04. The summed E-state index contributed by atoms with van der Waals surface area (Å²) in [6.45, 7) is 0.471. The van der Waals surface area contributed by atoms with Crippen molar-refractivity contribution in [2.24, 2.45) is 0 Å². The van der Waals surface area contributed by atoms with Gasteiger partial charge in [-0.3, -0.25) is 9.69 Å². The minimum atomic E-state index is 0.0161. The standard InChI is InChI=1S/C29H24N2O2S/c1-33-25-16-17-26-27(19-25)34-29(30-26)31(20-22-8-4-2-5-9-22)28(32)18-21-12-14-24(15-13-21)23-10-6-3-7-11-23/h2-17,19H,18,20H2,1H3. The fourth-order valence-electron chi connectivity index (χ4n) is 3.88. The molecule has 0 aliphatic heterocycles. The van der Waals surface area contributed by atoms with E-state index in [1.807, 2.05) is 78.9 Å². The topological polar surface area (TPSA) is 42.4 Å². The molecule has 1 amide bonds. The van der Waals surface area contributed by atoms with Gasteiger partial charge >= 0.3 is 0 Å². The van der Waals surface area contributed by atoms with Crippen molar-refractivity contribution < 1.29 is 9.53 Å². The second-order valence-electron chi connectivity index (χ2n) is 8.04. The third kappa shape index (κ3) is 4.85. The number of methoxy groups -OCH3 is 1. The van der Waals surface area contributed by atoms with E-state index in [4.69, 9.17) is 9.72 Å². The van der Waals surface area contributed by atoms with Gasteiger partial charge in [-0.15, -0.1) is 0 Å². The molecule has 0 aliphatic rings. The molecule has 0 fully saturated rings. The molecule has 0 spiro atoms. The summed E-state index contributed by atoms with van der Waals surface area (Å²) in [7, 11) is 1.65. The van der Waals surface area contributed by atoms with Gasteiger partial charge < -0.3 is 4.74 Å². The Kier molecular flexibility index (Phi) is 6.36. The van der Waals surface area contributed by atoms with Crippen LogP contribution >= 0.6 is 11.3 Å². The summed E-state index contributed by atoms with van der Waals surface area (Å²) in [4.78, 5) is 20.1. The Morgan fingerprint density at radius 1 is 0.824 bits per heavy atom. The van der Waals surface area contributed by atoms with Crippen LogP contribution in [0.3, 0.4) is 0 Å². The zero-order chi connectivity index (χ0) is 23.3. The van der Waals surface area contributed by atoms with Crippen LogP contribution in [-0.2, 0) is 17.8 Å². The number of thiazole rings is 1. The highest BCUT2D eigenvalue weighted by molar-refractivity contribution is 7.22. The van der Waals surface area contributed by atoms with Gasteiger partial charge in [-0.05, 0) is 40.5 Å². The molecule has 4 aromatic carbocycles. The van der Waals surface area contributed by atoms with Crippen LogP contribution in [0.15, 0.2) is 103 Å². The van der Waals surface area contributed by atoms with E-state index in [9.17, 15) is 4.79 Å². The molecule has 5 heteroatoms. The molecule has 0 saturated heterocycles. The van der Waals surface area contributed by atoms with Crippen LogP contribution in [0.4, 0.5) is 5.13 Å². The lowest BCUT2D eigenvalue weighted by Crippen LogP contribution is -2.31. The van der Waals surface area contributed by atoms with E-state index < -0.39 is 0 Å². The highest BCUT2D eigenvalue weighted by Gasteiger charge is 2.21. The van der Waals surface area contributed by atoms with Crippen molar-refractivity contribution in [3.8, 4) is 16.9 Å². The van der Waals surface area contributed by atoms with Gasteiger partial charge in [-0.1, -0.05) is 96.3 Å². The van der Waals surface area contributed by atoms with Crippen molar-refractivity contribution in [2.45, 2.75) is 13.0 Å². The maximum Gasteiger partial charge on any atom is 0.233 e. The van der Waals surface area contributed by atoms with Crippen LogP contribution in [0.5, 0.6) is 5.75 Å². The average molecular weight is 465 g/mol. The van der Waals surface area contributed by atoms with Crippen LogP contribution in [-0.4, -0.2) is 18.0 Å². The molecule has 5 rings (SSSR count). The maximum absolute atomic E-state index is 13.5. The van der Waals surface area contributed by atoms with Crippen LogP contribution in [0.1, 0.15) is 11.1 Å². The molecule has 1 heterocycles. The third-order valence-corrected chi connectivity index (χ3v) is 6.76. The second kappa shape index (κ2) is 9.89. The van der Waals surface area contributed by atoms with Gasteiger partial charge in [0, 0.05) is 0 Å². The predicted octanol–water partition coefficient (Wildman–Crippen LogP) is 6.75. The monoisotopic (exact) mass is 464 g/mol. The van der Waals surface area contributed by atoms with E-state index in [0.717, 1.165) is 38.2 Å². The van der Waals surface area contributed by atoms with Gasteiger partial charge in [0.1, 0.15) is 5.75 Å². The first-order chi connectivity index (χ1) is 16.7. The number of rotatable bonds is 7. The van der Waals surface area contributed by atoms with Gasteiger partial charge in [-0.25, -0.2) is 4.98 Å². The largest absolute Gasteiger partial charge is 0.497 e. The molecule has 168 valence electrons. The number of benzene rings is 4. The summed E-state index contributed by atoms with van der Waals surface area (Å²) in [5.74, 6) is 0.796. The van der Waals surface area contributed by atoms with Gasteiger partial charge in [0.15, 0.2) is 5.13 Å². The van der Waals surface area contributed by atoms with Crippen LogP contribution in [0.25, 0.3) is 21.3 Å². The lowest BCUT2D eigenvalue weighted by molar-refractivity contribution is -0.118. The zero-order valence-corrected chi connectivity index (χ0v) is 19.7. The average Bonchev–Trinajstić information content (AvgIpc) is 3.31. The van der Waals surface area contributed by atoms with E-state index in [1.165, 1.54) is 11.3 Å². The van der Waals surface area contributed by atoms with Crippen molar-refractivity contribution in [3.05, 3.63) is 114 Å². The van der Waals surface area contributed by atoms with Crippen molar-refractivity contribution in [2.75, 3.05) is 12.0 Å². The lowest BCUT2D eigenvalue weighted by Gasteiger charge is -2.20. The molecule has 0 atom stereocenters. The van der Waals surface area contributed by atoms with Gasteiger partial charge in [0.2, 0.25) is 5.91 Å². The molecule has 4 nitrogen and oxygen atoms in total. The molecular formula is C29H24N2O2S. The summed E-state index contributed by atoms with van der Waals surface area (Å²) in [5.41, 5.74) is 5.20. The summed E-state index contributed by atoms with van der Waals surface area (Å²) >= 11 is 1.51. The Bertz CT molecular complexity index is 1400. The van der Waals surface area contributed by atoms with Crippen molar-refractivity contribution in [1.29, 1.82) is 0 Å². The van der Waals surface area contributed by atoms with E-state index in [-0.39, 0.29) is 5.91 Å². The number of amides is 1. The van der Waals surface area contributed by atoms with Gasteiger partial charge in [0.05, 0.1) is 30.3 Å². The van der Waals surface area contributed by atoms with E-state index in [1.54, 1.807) is 12.0 Å². The maximum atomic E-state index is 13.5. The first-order valence-corrected chi connectivity index (χ1v) is 11.9. The minimum absolute atomic E-state index is 0.0161. The van der Waals surface area contributed by atoms with Gasteiger partial charge in [0.25, 0.3) is 0 Å². The molecule has 1 aromatic heterocycles. The molecule has 0 unspecified atom stereocenters. The molecule has 0 bridgehead atoms. The number of carbonyl (C=O) groups excluding carboxylic acids is 1. The van der Waals surface area contributed by atoms with Gasteiger partial charge in [-0.2, -0.15) is 0 Å². The number of carbonyl (C=O) groups is 1. The summed E-state index contributed by atoms with van der Waals surface area (Å²) in [6, 6.07) is 34.3. The minimum Gasteiger partial charge on any atom is -0.497 e. The summed E-state index contributed by atoms with van der Waals surface area (Å²) in [6.07, 6.45) is 0.307. The predicted molar refractivity (Wildman–Crippen MR) is 139 cm³/mol. The number of fused-ring (bicyclic) bond motifs is 1. The Hall–Kier alpha value is -3.96. The highest BCUT2D eigenvalue weighted by Crippen LogP contribution is 2.32. The molecule has 5 aromatic rings. The Labute approximate surface area is 203 Å². The number of hydrogen-bond donors (Lipinski definition) is 0. The first-order valence-electron chi connectivity index (χ1n) is 11.1. The molecule has 0 N–H and O–H groups in total. The van der Waals surface area contributed by atoms with E-state index in [2.05, 4.69) is 24.3 Å². The van der Waals surface area contributed by atoms with E-state index >= 15 is 0 Å². The number of nitrogens with zero attached hydrogens (tertiary/aromatic N) is 2. The van der Waals surface area contributed by atoms with Crippen molar-refractivity contribution >= 4 is 32.6 Å². The first kappa shape index (κ1) is 21.9. The molecular weight excluding hydrogens is 440 g/mol. The zero-order valence-electron chi connectivity index (χ0n) is 18.8. The van der Waals surface area contributed by atoms with Crippen LogP contribution < -0.4 is 9.64 Å². The smallest absolute Gasteiger partial charge is 0.233 e. The molecule has 0 radical (unpaired) electrons. The Morgan fingerprint density at radius 2 is 1.50 bits per heavy atom. The summed E-state index contributed by atoms with van der Waals surface area (Å²) < 4.78 is 6.35. The van der Waals surface area contributed by atoms with E-state index in [0.29, 0.717) is 18.1 Å². The number of anilines is 1. The highest BCUT2D eigenvalue weighted by atomic mass is 32.1. The number of aromatic nitrogens is 1. The van der Waals surface area contributed by atoms with Crippen LogP contribution in [0, 0.1) is 0 Å². The SMILES string of the molecule is COc1ccc2nc(N(Cc3ccccc3)C(=O)Cc3ccc(-c4ccccc4)cc3)sc2c1. The van der Waals surface area contributed by atoms with Crippen LogP contribution in [0.2, 0.25) is 0 Å². The summed E-state index contributed by atoms with van der Waals surface area (Å²) in [5, 5.41) is 0.693. The quantitative estimate of drug-likeness (QED) is 0.268. The number of hydrogen-bond acceptors (Lipinski definition) is 4. The normalized spacial score (nSPS) is 10.9. The fourth-order valence-corrected chi connectivity index (χ4v) is 4.89. The Balaban J connectivity index is 1.42. The third-order valence-electron chi connectivity index (χ3n) is 5.72. The van der Waals surface area contributed by atoms with Crippen molar-refractivity contribution in [3.63, 3.8) is 0 Å². The molecule has 34 heavy (non-hydrogen) atoms.